The number of fused-ring (bicyclic) bond motifs is 5. The van der Waals surface area contributed by atoms with Gasteiger partial charge in [-0.2, -0.15) is 0 Å². The highest BCUT2D eigenvalue weighted by atomic mass is 16.7. The molecule has 0 bridgehead atoms. The van der Waals surface area contributed by atoms with Crippen molar-refractivity contribution < 1.29 is 54.4 Å². The van der Waals surface area contributed by atoms with Gasteiger partial charge in [-0.3, -0.25) is 0 Å². The number of cyclic esters (lactones) is 1. The smallest absolute Gasteiger partial charge is 0.331 e. The lowest BCUT2D eigenvalue weighted by atomic mass is 9.41. The third-order valence-electron chi connectivity index (χ3n) is 12.1. The zero-order chi connectivity index (χ0) is 28.8. The van der Waals surface area contributed by atoms with E-state index in [9.17, 15) is 40.2 Å². The Labute approximate surface area is 233 Å². The molecule has 14 atom stereocenters. The first-order valence-electron chi connectivity index (χ1n) is 14.6. The standard InChI is InChI=1S/C29H42O11/c1-14-22(33)23(34)24(35)25(39-14)40-16-3-6-27(13-30)19-10-20(31)26(2)17(15-9-21(32)38-12-15)5-8-29(26,37)18(19)4-7-28(27,36)11-16/h9,13-14,16-20,22-25,31,33-37H,3-8,10-12H2,1-2H3/t14?,16-,17+,18?,19?,20+,22+,23?,24?,25-,26-,27-,28-,29-/m0/s1. The first-order chi connectivity index (χ1) is 18.8. The lowest BCUT2D eigenvalue weighted by Crippen LogP contribution is -2.71. The molecule has 0 spiro atoms. The maximum absolute atomic E-state index is 13.0. The number of carbonyl (C=O) groups is 2. The molecule has 11 heteroatoms. The van der Waals surface area contributed by atoms with Crippen LogP contribution >= 0.6 is 0 Å². The number of esters is 1. The Bertz CT molecular complexity index is 1080. The second-order valence-electron chi connectivity index (χ2n) is 13.5. The molecule has 0 radical (unpaired) electrons. The monoisotopic (exact) mass is 566 g/mol. The largest absolute Gasteiger partial charge is 0.458 e. The van der Waals surface area contributed by atoms with Crippen LogP contribution in [-0.2, 0) is 23.8 Å². The van der Waals surface area contributed by atoms with E-state index in [1.54, 1.807) is 6.92 Å². The van der Waals surface area contributed by atoms with Crippen molar-refractivity contribution in [2.45, 2.75) is 119 Å². The second kappa shape index (κ2) is 9.54. The molecule has 2 heterocycles. The fraction of sp³-hybridized carbons (Fsp3) is 0.862. The van der Waals surface area contributed by atoms with Crippen molar-refractivity contribution in [1.82, 2.24) is 0 Å². The minimum Gasteiger partial charge on any atom is -0.458 e. The summed E-state index contributed by atoms with van der Waals surface area (Å²) in [6.07, 6.45) is -2.70. The summed E-state index contributed by atoms with van der Waals surface area (Å²) in [6.45, 7) is 3.61. The molecule has 6 N–H and O–H groups in total. The van der Waals surface area contributed by atoms with Gasteiger partial charge >= 0.3 is 5.97 Å². The number of hydrogen-bond acceptors (Lipinski definition) is 11. The van der Waals surface area contributed by atoms with E-state index in [2.05, 4.69) is 0 Å². The van der Waals surface area contributed by atoms with Crippen molar-refractivity contribution in [1.29, 1.82) is 0 Å². The SMILES string of the molecule is CC1O[C@@H](O[C@H]2CC[C@]3(C=O)C4C[C@@H](O)[C@]5(C)[C@@H](C6=CC(=O)OC6)CC[C@]5(O)C4CC[C@]3(O)C2)C(O)C(O)[C@@H]1O. The number of aliphatic hydroxyl groups excluding tert-OH is 4. The molecule has 4 saturated carbocycles. The zero-order valence-electron chi connectivity index (χ0n) is 23.0. The molecule has 6 aliphatic rings. The van der Waals surface area contributed by atoms with Gasteiger partial charge < -0.3 is 49.6 Å². The molecule has 5 fully saturated rings. The van der Waals surface area contributed by atoms with Gasteiger partial charge in [0, 0.05) is 17.9 Å². The average Bonchev–Trinajstić information content (AvgIpc) is 3.46. The van der Waals surface area contributed by atoms with Crippen LogP contribution in [-0.4, -0.2) is 104 Å². The molecule has 224 valence electrons. The highest BCUT2D eigenvalue weighted by Gasteiger charge is 2.74. The summed E-state index contributed by atoms with van der Waals surface area (Å²) >= 11 is 0. The van der Waals surface area contributed by atoms with Crippen molar-refractivity contribution in [2.24, 2.45) is 28.6 Å². The molecule has 40 heavy (non-hydrogen) atoms. The van der Waals surface area contributed by atoms with Crippen LogP contribution < -0.4 is 0 Å². The van der Waals surface area contributed by atoms with Crippen molar-refractivity contribution in [2.75, 3.05) is 6.61 Å². The van der Waals surface area contributed by atoms with Crippen molar-refractivity contribution in [3.05, 3.63) is 11.6 Å². The average molecular weight is 567 g/mol. The normalized spacial score (nSPS) is 56.0. The van der Waals surface area contributed by atoms with E-state index in [4.69, 9.17) is 14.2 Å². The molecule has 0 aromatic rings. The first-order valence-corrected chi connectivity index (χ1v) is 14.6. The Morgan fingerprint density at radius 1 is 1.00 bits per heavy atom. The number of rotatable bonds is 4. The predicted octanol–water partition coefficient (Wildman–Crippen LogP) is -0.279. The Morgan fingerprint density at radius 3 is 2.42 bits per heavy atom. The third-order valence-corrected chi connectivity index (χ3v) is 12.1. The van der Waals surface area contributed by atoms with Crippen LogP contribution in [0.3, 0.4) is 0 Å². The molecule has 1 saturated heterocycles. The Kier molecular flexibility index (Phi) is 6.83. The van der Waals surface area contributed by atoms with Crippen LogP contribution in [0.1, 0.15) is 65.2 Å². The van der Waals surface area contributed by atoms with Gasteiger partial charge in [0.05, 0.1) is 34.9 Å². The molecule has 0 amide bonds. The van der Waals surface area contributed by atoms with E-state index in [0.717, 1.165) is 11.9 Å². The van der Waals surface area contributed by atoms with Crippen LogP contribution in [0, 0.1) is 28.6 Å². The molecule has 6 rings (SSSR count). The lowest BCUT2D eigenvalue weighted by molar-refractivity contribution is -0.319. The van der Waals surface area contributed by atoms with Gasteiger partial charge in [0.1, 0.15) is 31.2 Å². The second-order valence-corrected chi connectivity index (χ2v) is 13.5. The Morgan fingerprint density at radius 2 is 1.75 bits per heavy atom. The summed E-state index contributed by atoms with van der Waals surface area (Å²) in [5, 5.41) is 66.7. The summed E-state index contributed by atoms with van der Waals surface area (Å²) in [7, 11) is 0. The Balaban J connectivity index is 1.25. The topological polar surface area (TPSA) is 183 Å². The van der Waals surface area contributed by atoms with Gasteiger partial charge in [-0.15, -0.1) is 0 Å². The van der Waals surface area contributed by atoms with Crippen molar-refractivity contribution in [3.8, 4) is 0 Å². The van der Waals surface area contributed by atoms with Gasteiger partial charge in [-0.1, -0.05) is 6.92 Å². The summed E-state index contributed by atoms with van der Waals surface area (Å²) in [4.78, 5) is 24.8. The van der Waals surface area contributed by atoms with Gasteiger partial charge in [-0.05, 0) is 75.2 Å². The third kappa shape index (κ3) is 3.71. The number of carbonyl (C=O) groups excluding carboxylic acids is 2. The number of hydrogen-bond donors (Lipinski definition) is 6. The summed E-state index contributed by atoms with van der Waals surface area (Å²) in [6, 6.07) is 0. The highest BCUT2D eigenvalue weighted by Crippen LogP contribution is 2.70. The Hall–Kier alpha value is -1.44. The van der Waals surface area contributed by atoms with Gasteiger partial charge in [0.15, 0.2) is 6.29 Å². The maximum Gasteiger partial charge on any atom is 0.331 e. The van der Waals surface area contributed by atoms with E-state index in [1.807, 2.05) is 6.92 Å². The molecular weight excluding hydrogens is 524 g/mol. The summed E-state index contributed by atoms with van der Waals surface area (Å²) < 4.78 is 16.8. The van der Waals surface area contributed by atoms with E-state index in [0.29, 0.717) is 25.7 Å². The quantitative estimate of drug-likeness (QED) is 0.149. The molecular formula is C29H42O11. The van der Waals surface area contributed by atoms with Crippen LogP contribution in [0.25, 0.3) is 0 Å². The highest BCUT2D eigenvalue weighted by molar-refractivity contribution is 5.85. The van der Waals surface area contributed by atoms with Gasteiger partial charge in [0.25, 0.3) is 0 Å². The zero-order valence-corrected chi connectivity index (χ0v) is 23.0. The minimum absolute atomic E-state index is 0.0926. The molecule has 0 aromatic heterocycles. The van der Waals surface area contributed by atoms with E-state index in [1.165, 1.54) is 6.08 Å². The molecule has 4 aliphatic carbocycles. The predicted molar refractivity (Wildman–Crippen MR) is 136 cm³/mol. The van der Waals surface area contributed by atoms with Crippen LogP contribution in [0.4, 0.5) is 0 Å². The minimum atomic E-state index is -1.47. The van der Waals surface area contributed by atoms with Gasteiger partial charge in [0.2, 0.25) is 0 Å². The van der Waals surface area contributed by atoms with Crippen molar-refractivity contribution in [3.63, 3.8) is 0 Å². The number of ether oxygens (including phenoxy) is 3. The summed E-state index contributed by atoms with van der Waals surface area (Å²) in [5.74, 6) is -1.42. The van der Waals surface area contributed by atoms with E-state index < -0.39 is 76.8 Å². The summed E-state index contributed by atoms with van der Waals surface area (Å²) in [5.41, 5.74) is -4.09. The molecule has 0 aromatic carbocycles. The number of aliphatic hydroxyl groups is 6. The fourth-order valence-corrected chi connectivity index (χ4v) is 9.74. The fourth-order valence-electron chi connectivity index (χ4n) is 9.74. The van der Waals surface area contributed by atoms with E-state index in [-0.39, 0.29) is 44.1 Å². The van der Waals surface area contributed by atoms with Crippen LogP contribution in [0.2, 0.25) is 0 Å². The molecule has 11 nitrogen and oxygen atoms in total. The van der Waals surface area contributed by atoms with Crippen LogP contribution in [0.5, 0.6) is 0 Å². The first kappa shape index (κ1) is 28.7. The lowest BCUT2D eigenvalue weighted by Gasteiger charge is -2.66. The van der Waals surface area contributed by atoms with Gasteiger partial charge in [-0.25, -0.2) is 4.79 Å². The molecule has 5 unspecified atom stereocenters. The molecule has 2 aliphatic heterocycles. The number of aldehydes is 1. The van der Waals surface area contributed by atoms with Crippen LogP contribution in [0.15, 0.2) is 11.6 Å². The van der Waals surface area contributed by atoms with E-state index >= 15 is 0 Å². The van der Waals surface area contributed by atoms with Crippen molar-refractivity contribution >= 4 is 12.3 Å². The maximum atomic E-state index is 13.0.